The van der Waals surface area contributed by atoms with Crippen LogP contribution in [0.1, 0.15) is 15.2 Å². The molecular weight excluding hydrogens is 162 g/mol. The molecule has 1 aromatic rings. The summed E-state index contributed by atoms with van der Waals surface area (Å²) >= 11 is 1.34. The summed E-state index contributed by atoms with van der Waals surface area (Å²) in [5.41, 5.74) is 5.97. The van der Waals surface area contributed by atoms with E-state index in [9.17, 15) is 4.79 Å². The molecule has 0 radical (unpaired) electrons. The van der Waals surface area contributed by atoms with Crippen LogP contribution >= 0.6 is 11.3 Å². The third kappa shape index (κ3) is 1.78. The normalized spacial score (nSPS) is 9.91. The minimum absolute atomic E-state index is 0.382. The van der Waals surface area contributed by atoms with Gasteiger partial charge in [-0.25, -0.2) is 0 Å². The Labute approximate surface area is 68.8 Å². The third-order valence-corrected chi connectivity index (χ3v) is 2.24. The van der Waals surface area contributed by atoms with E-state index in [1.165, 1.54) is 11.3 Å². The number of rotatable bonds is 3. The van der Waals surface area contributed by atoms with Crippen LogP contribution < -0.4 is 5.73 Å². The summed E-state index contributed by atoms with van der Waals surface area (Å²) < 4.78 is 4.88. The molecule has 0 saturated carbocycles. The Bertz CT molecular complexity index is 257. The number of amides is 1. The van der Waals surface area contributed by atoms with E-state index in [4.69, 9.17) is 10.5 Å². The zero-order valence-corrected chi connectivity index (χ0v) is 6.98. The lowest BCUT2D eigenvalue weighted by atomic mass is 10.3. The quantitative estimate of drug-likeness (QED) is 0.737. The van der Waals surface area contributed by atoms with Crippen LogP contribution in [-0.2, 0) is 11.3 Å². The monoisotopic (exact) mass is 171 g/mol. The highest BCUT2D eigenvalue weighted by Crippen LogP contribution is 2.16. The predicted molar refractivity (Wildman–Crippen MR) is 43.5 cm³/mol. The molecular formula is C7H9NO2S. The van der Waals surface area contributed by atoms with Crippen molar-refractivity contribution in [2.45, 2.75) is 6.61 Å². The van der Waals surface area contributed by atoms with E-state index in [0.717, 1.165) is 5.56 Å². The van der Waals surface area contributed by atoms with Gasteiger partial charge in [-0.1, -0.05) is 0 Å². The van der Waals surface area contributed by atoms with Crippen LogP contribution in [0.15, 0.2) is 11.4 Å². The molecule has 0 aliphatic heterocycles. The van der Waals surface area contributed by atoms with Crippen molar-refractivity contribution in [1.29, 1.82) is 0 Å². The maximum Gasteiger partial charge on any atom is 0.259 e. The van der Waals surface area contributed by atoms with E-state index in [1.54, 1.807) is 7.11 Å². The second kappa shape index (κ2) is 3.50. The highest BCUT2D eigenvalue weighted by atomic mass is 32.1. The number of carbonyl (C=O) groups is 1. The number of primary amides is 1. The summed E-state index contributed by atoms with van der Waals surface area (Å²) in [6.45, 7) is 0.446. The summed E-state index contributed by atoms with van der Waals surface area (Å²) in [6, 6.07) is 1.84. The predicted octanol–water partition coefficient (Wildman–Crippen LogP) is 0.993. The molecule has 3 nitrogen and oxygen atoms in total. The van der Waals surface area contributed by atoms with E-state index in [2.05, 4.69) is 0 Å². The van der Waals surface area contributed by atoms with Gasteiger partial charge in [-0.15, -0.1) is 11.3 Å². The molecule has 2 N–H and O–H groups in total. The van der Waals surface area contributed by atoms with Gasteiger partial charge in [0, 0.05) is 12.7 Å². The fraction of sp³-hybridized carbons (Fsp3) is 0.286. The molecule has 1 rings (SSSR count). The molecule has 0 unspecified atom stereocenters. The van der Waals surface area contributed by atoms with Gasteiger partial charge in [0.25, 0.3) is 5.91 Å². The Morgan fingerprint density at radius 3 is 3.09 bits per heavy atom. The SMILES string of the molecule is COCc1ccsc1C(N)=O. The van der Waals surface area contributed by atoms with Gasteiger partial charge >= 0.3 is 0 Å². The molecule has 0 atom stereocenters. The standard InChI is InChI=1S/C7H9NO2S/c1-10-4-5-2-3-11-6(5)7(8)9/h2-3H,4H2,1H3,(H2,8,9). The molecule has 11 heavy (non-hydrogen) atoms. The van der Waals surface area contributed by atoms with Crippen LogP contribution in [-0.4, -0.2) is 13.0 Å². The van der Waals surface area contributed by atoms with Crippen molar-refractivity contribution in [3.8, 4) is 0 Å². The van der Waals surface area contributed by atoms with E-state index in [0.29, 0.717) is 11.5 Å². The van der Waals surface area contributed by atoms with Gasteiger partial charge in [0.2, 0.25) is 0 Å². The van der Waals surface area contributed by atoms with Gasteiger partial charge in [-0.2, -0.15) is 0 Å². The molecule has 0 aliphatic carbocycles. The smallest absolute Gasteiger partial charge is 0.259 e. The van der Waals surface area contributed by atoms with Crippen LogP contribution in [0, 0.1) is 0 Å². The van der Waals surface area contributed by atoms with Crippen LogP contribution in [0.25, 0.3) is 0 Å². The Kier molecular flexibility index (Phi) is 2.62. The van der Waals surface area contributed by atoms with Gasteiger partial charge in [0.15, 0.2) is 0 Å². The minimum Gasteiger partial charge on any atom is -0.380 e. The summed E-state index contributed by atoms with van der Waals surface area (Å²) in [5, 5.41) is 1.83. The number of hydrogen-bond acceptors (Lipinski definition) is 3. The highest BCUT2D eigenvalue weighted by molar-refractivity contribution is 7.12. The number of ether oxygens (including phenoxy) is 1. The van der Waals surface area contributed by atoms with Gasteiger partial charge in [0.05, 0.1) is 11.5 Å². The molecule has 0 aromatic carbocycles. The van der Waals surface area contributed by atoms with Crippen LogP contribution in [0.5, 0.6) is 0 Å². The summed E-state index contributed by atoms with van der Waals surface area (Å²) in [7, 11) is 1.59. The molecule has 60 valence electrons. The maximum absolute atomic E-state index is 10.7. The van der Waals surface area contributed by atoms with Crippen molar-refractivity contribution < 1.29 is 9.53 Å². The topological polar surface area (TPSA) is 52.3 Å². The second-order valence-corrected chi connectivity index (χ2v) is 2.99. The maximum atomic E-state index is 10.7. The van der Waals surface area contributed by atoms with Crippen molar-refractivity contribution >= 4 is 17.2 Å². The Hall–Kier alpha value is -0.870. The first-order valence-corrected chi connectivity index (χ1v) is 3.98. The first-order valence-electron chi connectivity index (χ1n) is 3.11. The zero-order valence-electron chi connectivity index (χ0n) is 6.16. The second-order valence-electron chi connectivity index (χ2n) is 2.07. The van der Waals surface area contributed by atoms with Crippen LogP contribution in [0.3, 0.4) is 0 Å². The van der Waals surface area contributed by atoms with E-state index < -0.39 is 0 Å². The molecule has 1 aromatic heterocycles. The highest BCUT2D eigenvalue weighted by Gasteiger charge is 2.08. The van der Waals surface area contributed by atoms with Crippen molar-refractivity contribution in [2.24, 2.45) is 5.73 Å². The van der Waals surface area contributed by atoms with E-state index in [1.807, 2.05) is 11.4 Å². The molecule has 1 heterocycles. The molecule has 0 aliphatic rings. The number of thiophene rings is 1. The number of carbonyl (C=O) groups excluding carboxylic acids is 1. The Morgan fingerprint density at radius 2 is 2.55 bits per heavy atom. The first-order chi connectivity index (χ1) is 5.25. The van der Waals surface area contributed by atoms with Gasteiger partial charge < -0.3 is 10.5 Å². The lowest BCUT2D eigenvalue weighted by molar-refractivity contribution is 0.0999. The molecule has 0 fully saturated rings. The molecule has 0 spiro atoms. The summed E-state index contributed by atoms with van der Waals surface area (Å²) in [4.78, 5) is 11.3. The zero-order chi connectivity index (χ0) is 8.27. The molecule has 4 heteroatoms. The summed E-state index contributed by atoms with van der Waals surface area (Å²) in [6.07, 6.45) is 0. The van der Waals surface area contributed by atoms with Gasteiger partial charge in [-0.05, 0) is 11.4 Å². The van der Waals surface area contributed by atoms with Crippen LogP contribution in [0.2, 0.25) is 0 Å². The minimum atomic E-state index is -0.382. The fourth-order valence-electron chi connectivity index (χ4n) is 0.821. The van der Waals surface area contributed by atoms with Crippen LogP contribution in [0.4, 0.5) is 0 Å². The molecule has 1 amide bonds. The largest absolute Gasteiger partial charge is 0.380 e. The Morgan fingerprint density at radius 1 is 1.82 bits per heavy atom. The number of nitrogens with two attached hydrogens (primary N) is 1. The lowest BCUT2D eigenvalue weighted by Crippen LogP contribution is -2.11. The fourth-order valence-corrected chi connectivity index (χ4v) is 1.58. The average Bonchev–Trinajstić information content (AvgIpc) is 2.36. The first kappa shape index (κ1) is 8.23. The van der Waals surface area contributed by atoms with Gasteiger partial charge in [0.1, 0.15) is 0 Å². The summed E-state index contributed by atoms with van der Waals surface area (Å²) in [5.74, 6) is -0.382. The van der Waals surface area contributed by atoms with Crippen molar-refractivity contribution in [2.75, 3.05) is 7.11 Å². The number of methoxy groups -OCH3 is 1. The lowest BCUT2D eigenvalue weighted by Gasteiger charge is -1.96. The third-order valence-electron chi connectivity index (χ3n) is 1.27. The van der Waals surface area contributed by atoms with E-state index >= 15 is 0 Å². The van der Waals surface area contributed by atoms with Gasteiger partial charge in [-0.3, -0.25) is 4.79 Å². The van der Waals surface area contributed by atoms with Crippen molar-refractivity contribution in [3.63, 3.8) is 0 Å². The number of hydrogen-bond donors (Lipinski definition) is 1. The molecule has 0 saturated heterocycles. The van der Waals surface area contributed by atoms with E-state index in [-0.39, 0.29) is 5.91 Å². The Balaban J connectivity index is 2.87. The average molecular weight is 171 g/mol. The molecule has 0 bridgehead atoms. The van der Waals surface area contributed by atoms with Crippen molar-refractivity contribution in [1.82, 2.24) is 0 Å². The van der Waals surface area contributed by atoms with Crippen molar-refractivity contribution in [3.05, 3.63) is 21.9 Å².